The molecule has 2 heterocycles. The van der Waals surface area contributed by atoms with Gasteiger partial charge in [0.15, 0.2) is 28.8 Å². The van der Waals surface area contributed by atoms with Crippen LogP contribution in [0.3, 0.4) is 0 Å². The molecule has 1 aromatic heterocycles. The van der Waals surface area contributed by atoms with E-state index in [4.69, 9.17) is 28.1 Å². The Hall–Kier alpha value is -5.48. The van der Waals surface area contributed by atoms with Crippen LogP contribution in [0.4, 0.5) is 0 Å². The first-order chi connectivity index (χ1) is 22.4. The summed E-state index contributed by atoms with van der Waals surface area (Å²) in [6, 6.07) is 10.2. The second-order valence-corrected chi connectivity index (χ2v) is 10.3. The van der Waals surface area contributed by atoms with Crippen LogP contribution >= 0.6 is 0 Å². The molecule has 0 radical (unpaired) electrons. The molecule has 5 atom stereocenters. The second-order valence-electron chi connectivity index (χ2n) is 10.3. The van der Waals surface area contributed by atoms with E-state index in [2.05, 4.69) is 0 Å². The largest absolute Gasteiger partial charge is 0.508 e. The molecule has 1 aliphatic rings. The molecular weight excluding hydrogens is 624 g/mol. The van der Waals surface area contributed by atoms with Gasteiger partial charge in [0.25, 0.3) is 0 Å². The molecule has 15 heteroatoms. The first-order valence-corrected chi connectivity index (χ1v) is 13.9. The third kappa shape index (κ3) is 6.73. The Morgan fingerprint density at radius 2 is 1.53 bits per heavy atom. The Bertz CT molecular complexity index is 1880. The molecule has 47 heavy (non-hydrogen) atoms. The summed E-state index contributed by atoms with van der Waals surface area (Å²) < 4.78 is 32.6. The van der Waals surface area contributed by atoms with E-state index in [0.29, 0.717) is 5.56 Å². The van der Waals surface area contributed by atoms with Crippen LogP contribution in [0.15, 0.2) is 63.8 Å². The van der Waals surface area contributed by atoms with Crippen molar-refractivity contribution >= 4 is 23.0 Å². The maximum Gasteiger partial charge on any atom is 0.330 e. The number of carbonyl (C=O) groups is 1. The number of fused-ring (bicyclic) bond motifs is 1. The SMILES string of the molecule is COc1cc(/C=C/C(=O)OC[C@H]2O[C@@H](Oc3c(-c4ccc(O)c(OC)c4)oc4cc(O)cc(O)c4c3=O)[C@H](O)[C@@H](O)[C@@H]2O)ccc1O. The number of aliphatic hydroxyl groups excluding tert-OH is 3. The maximum absolute atomic E-state index is 13.7. The molecule has 0 saturated carbocycles. The highest BCUT2D eigenvalue weighted by Crippen LogP contribution is 2.39. The van der Waals surface area contributed by atoms with Gasteiger partial charge in [-0.15, -0.1) is 0 Å². The third-order valence-corrected chi connectivity index (χ3v) is 7.27. The fraction of sp³-hybridized carbons (Fsp3) is 0.250. The van der Waals surface area contributed by atoms with E-state index in [1.807, 2.05) is 0 Å². The molecule has 4 aromatic rings. The van der Waals surface area contributed by atoms with Crippen molar-refractivity contribution in [2.75, 3.05) is 20.8 Å². The van der Waals surface area contributed by atoms with Gasteiger partial charge < -0.3 is 63.8 Å². The van der Waals surface area contributed by atoms with Crippen molar-refractivity contribution in [1.82, 2.24) is 0 Å². The van der Waals surface area contributed by atoms with E-state index in [1.165, 1.54) is 56.7 Å². The van der Waals surface area contributed by atoms with Crippen LogP contribution in [0, 0.1) is 0 Å². The Morgan fingerprint density at radius 3 is 2.23 bits per heavy atom. The van der Waals surface area contributed by atoms with Gasteiger partial charge in [0.2, 0.25) is 17.5 Å². The van der Waals surface area contributed by atoms with Gasteiger partial charge in [-0.1, -0.05) is 6.07 Å². The summed E-state index contributed by atoms with van der Waals surface area (Å²) in [5.41, 5.74) is -0.604. The molecule has 7 N–H and O–H groups in total. The van der Waals surface area contributed by atoms with Crippen LogP contribution in [0.5, 0.6) is 40.2 Å². The number of rotatable bonds is 9. The van der Waals surface area contributed by atoms with Gasteiger partial charge in [0.1, 0.15) is 53.5 Å². The molecule has 0 aliphatic carbocycles. The summed E-state index contributed by atoms with van der Waals surface area (Å²) in [6.45, 7) is -0.624. The van der Waals surface area contributed by atoms with Crippen molar-refractivity contribution < 1.29 is 68.6 Å². The average molecular weight is 655 g/mol. The normalized spacial score (nSPS) is 21.1. The summed E-state index contributed by atoms with van der Waals surface area (Å²) in [5.74, 6) is -3.04. The molecule has 1 fully saturated rings. The van der Waals surface area contributed by atoms with E-state index in [-0.39, 0.29) is 39.9 Å². The second kappa shape index (κ2) is 13.5. The van der Waals surface area contributed by atoms with E-state index < -0.39 is 71.3 Å². The Morgan fingerprint density at radius 1 is 0.851 bits per heavy atom. The quantitative estimate of drug-likeness (QED) is 0.101. The minimum absolute atomic E-state index is 0.0112. The van der Waals surface area contributed by atoms with Crippen molar-refractivity contribution in [3.8, 4) is 51.6 Å². The highest BCUT2D eigenvalue weighted by molar-refractivity contribution is 5.88. The molecule has 5 rings (SSSR count). The number of benzene rings is 3. The summed E-state index contributed by atoms with van der Waals surface area (Å²) in [6.07, 6.45) is -6.47. The number of methoxy groups -OCH3 is 2. The zero-order valence-electron chi connectivity index (χ0n) is 24.8. The molecule has 1 aliphatic heterocycles. The number of aliphatic hydroxyl groups is 3. The monoisotopic (exact) mass is 654 g/mol. The van der Waals surface area contributed by atoms with Gasteiger partial charge >= 0.3 is 5.97 Å². The minimum atomic E-state index is -1.94. The van der Waals surface area contributed by atoms with Crippen LogP contribution in [0.2, 0.25) is 0 Å². The lowest BCUT2D eigenvalue weighted by Gasteiger charge is -2.39. The standard InChI is InChI=1S/C32H30O15/c1-42-20-9-14(3-6-17(20)34)4-8-24(37)44-13-23-26(38)28(40)29(41)32(46-23)47-31-27(39)25-19(36)11-16(33)12-22(25)45-30(31)15-5-7-18(35)21(10-15)43-2/h3-12,23,26,28-29,32-36,38,40-41H,13H2,1-2H3/b8-4+/t23-,26-,28+,29-,32+/m1/s1. The van der Waals surface area contributed by atoms with Crippen molar-refractivity contribution in [3.63, 3.8) is 0 Å². The zero-order valence-corrected chi connectivity index (χ0v) is 24.8. The lowest BCUT2D eigenvalue weighted by molar-refractivity contribution is -0.278. The molecule has 0 unspecified atom stereocenters. The van der Waals surface area contributed by atoms with Gasteiger partial charge in [-0.2, -0.15) is 0 Å². The summed E-state index contributed by atoms with van der Waals surface area (Å²) in [7, 11) is 2.65. The fourth-order valence-corrected chi connectivity index (χ4v) is 4.83. The van der Waals surface area contributed by atoms with Gasteiger partial charge in [-0.3, -0.25) is 4.79 Å². The van der Waals surface area contributed by atoms with Crippen molar-refractivity contribution in [3.05, 3.63) is 70.4 Å². The lowest BCUT2D eigenvalue weighted by Crippen LogP contribution is -2.60. The Balaban J connectivity index is 1.43. The predicted octanol–water partition coefficient (Wildman–Crippen LogP) is 1.74. The highest BCUT2D eigenvalue weighted by Gasteiger charge is 2.46. The lowest BCUT2D eigenvalue weighted by atomic mass is 9.99. The number of phenols is 4. The van der Waals surface area contributed by atoms with Crippen LogP contribution in [0.1, 0.15) is 5.56 Å². The number of hydrogen-bond donors (Lipinski definition) is 7. The Labute approximate surface area is 265 Å². The van der Waals surface area contributed by atoms with E-state index in [0.717, 1.165) is 18.2 Å². The number of ether oxygens (including phenoxy) is 5. The Kier molecular flexibility index (Phi) is 9.44. The number of phenolic OH excluding ortho intramolecular Hbond substituents is 4. The van der Waals surface area contributed by atoms with Crippen LogP contribution < -0.4 is 19.6 Å². The summed E-state index contributed by atoms with van der Waals surface area (Å²) in [5, 5.41) is 71.7. The van der Waals surface area contributed by atoms with E-state index >= 15 is 0 Å². The number of esters is 1. The summed E-state index contributed by atoms with van der Waals surface area (Å²) in [4.78, 5) is 26.1. The zero-order chi connectivity index (χ0) is 34.0. The number of aromatic hydroxyl groups is 4. The van der Waals surface area contributed by atoms with Crippen molar-refractivity contribution in [2.24, 2.45) is 0 Å². The molecule has 1 saturated heterocycles. The van der Waals surface area contributed by atoms with Crippen molar-refractivity contribution in [2.45, 2.75) is 30.7 Å². The van der Waals surface area contributed by atoms with Crippen LogP contribution in [0.25, 0.3) is 28.4 Å². The van der Waals surface area contributed by atoms with E-state index in [9.17, 15) is 45.3 Å². The summed E-state index contributed by atoms with van der Waals surface area (Å²) >= 11 is 0. The maximum atomic E-state index is 13.7. The smallest absolute Gasteiger partial charge is 0.330 e. The average Bonchev–Trinajstić information content (AvgIpc) is 3.04. The molecule has 248 valence electrons. The van der Waals surface area contributed by atoms with Crippen LogP contribution in [-0.2, 0) is 14.3 Å². The number of carbonyl (C=O) groups excluding carboxylic acids is 1. The van der Waals surface area contributed by atoms with Gasteiger partial charge in [-0.05, 0) is 42.0 Å². The van der Waals surface area contributed by atoms with Gasteiger partial charge in [-0.25, -0.2) is 4.79 Å². The highest BCUT2D eigenvalue weighted by atomic mass is 16.7. The first kappa shape index (κ1) is 32.9. The molecule has 15 nitrogen and oxygen atoms in total. The molecule has 0 amide bonds. The van der Waals surface area contributed by atoms with Gasteiger partial charge in [0, 0.05) is 23.8 Å². The van der Waals surface area contributed by atoms with Crippen LogP contribution in [-0.4, -0.2) is 93.2 Å². The van der Waals surface area contributed by atoms with Gasteiger partial charge in [0.05, 0.1) is 14.2 Å². The fourth-order valence-electron chi connectivity index (χ4n) is 4.83. The molecule has 0 bridgehead atoms. The number of hydrogen-bond acceptors (Lipinski definition) is 15. The topological polar surface area (TPSA) is 235 Å². The minimum Gasteiger partial charge on any atom is -0.508 e. The molecular formula is C32H30O15. The predicted molar refractivity (Wildman–Crippen MR) is 161 cm³/mol. The first-order valence-electron chi connectivity index (χ1n) is 13.9. The van der Waals surface area contributed by atoms with E-state index in [1.54, 1.807) is 0 Å². The molecule has 0 spiro atoms. The molecule has 3 aromatic carbocycles. The third-order valence-electron chi connectivity index (χ3n) is 7.27. The van der Waals surface area contributed by atoms with Crippen molar-refractivity contribution in [1.29, 1.82) is 0 Å².